The molecule has 1 amide bonds. The van der Waals surface area contributed by atoms with Gasteiger partial charge in [-0.2, -0.15) is 0 Å². The van der Waals surface area contributed by atoms with E-state index in [9.17, 15) is 13.2 Å². The molecule has 1 saturated heterocycles. The van der Waals surface area contributed by atoms with Gasteiger partial charge in [-0.15, -0.1) is 0 Å². The van der Waals surface area contributed by atoms with Crippen LogP contribution in [-0.4, -0.2) is 43.7 Å². The van der Waals surface area contributed by atoms with Crippen LogP contribution in [-0.2, 0) is 14.8 Å². The molecule has 0 aromatic heterocycles. The van der Waals surface area contributed by atoms with Gasteiger partial charge in [-0.3, -0.25) is 4.79 Å². The number of ether oxygens (including phenoxy) is 1. The molecule has 0 spiro atoms. The van der Waals surface area contributed by atoms with Gasteiger partial charge in [-0.05, 0) is 25.0 Å². The number of carbonyl (C=O) groups is 1. The summed E-state index contributed by atoms with van der Waals surface area (Å²) in [7, 11) is -3.72. The molecule has 5 nitrogen and oxygen atoms in total. The lowest BCUT2D eigenvalue weighted by Crippen LogP contribution is -2.45. The summed E-state index contributed by atoms with van der Waals surface area (Å²) in [5.41, 5.74) is 0.0255. The van der Waals surface area contributed by atoms with Crippen molar-refractivity contribution in [2.24, 2.45) is 5.41 Å². The number of sulfonamides is 1. The summed E-state index contributed by atoms with van der Waals surface area (Å²) in [6.45, 7) is 1.40. The molecule has 0 saturated carbocycles. The highest BCUT2D eigenvalue weighted by atomic mass is 79.9. The van der Waals surface area contributed by atoms with Gasteiger partial charge in [0.25, 0.3) is 15.9 Å². The lowest BCUT2D eigenvalue weighted by atomic mass is 9.82. The summed E-state index contributed by atoms with van der Waals surface area (Å²) in [5, 5.41) is 0.652. The van der Waals surface area contributed by atoms with Crippen LogP contribution in [0.3, 0.4) is 0 Å². The average molecular weight is 374 g/mol. The van der Waals surface area contributed by atoms with Gasteiger partial charge in [0.2, 0.25) is 0 Å². The van der Waals surface area contributed by atoms with Gasteiger partial charge in [0.05, 0.1) is 5.56 Å². The van der Waals surface area contributed by atoms with E-state index in [1.54, 1.807) is 18.2 Å². The number of fused-ring (bicyclic) bond motifs is 1. The Labute approximate surface area is 132 Å². The second kappa shape index (κ2) is 5.37. The van der Waals surface area contributed by atoms with Crippen LogP contribution in [0.1, 0.15) is 23.2 Å². The highest BCUT2D eigenvalue weighted by Crippen LogP contribution is 2.38. The first kappa shape index (κ1) is 15.0. The molecule has 0 atom stereocenters. The van der Waals surface area contributed by atoms with Gasteiger partial charge in [0.15, 0.2) is 0 Å². The molecule has 0 aliphatic carbocycles. The quantitative estimate of drug-likeness (QED) is 0.760. The van der Waals surface area contributed by atoms with Crippen molar-refractivity contribution in [1.82, 2.24) is 4.31 Å². The number of carbonyl (C=O) groups excluding carboxylic acids is 1. The van der Waals surface area contributed by atoms with Crippen molar-refractivity contribution < 1.29 is 17.9 Å². The number of amides is 1. The van der Waals surface area contributed by atoms with Crippen molar-refractivity contribution in [3.05, 3.63) is 29.8 Å². The summed E-state index contributed by atoms with van der Waals surface area (Å²) in [5.74, 6) is -0.419. The van der Waals surface area contributed by atoms with Crippen LogP contribution >= 0.6 is 15.9 Å². The van der Waals surface area contributed by atoms with E-state index in [2.05, 4.69) is 15.9 Å². The van der Waals surface area contributed by atoms with Crippen LogP contribution in [0.15, 0.2) is 29.2 Å². The zero-order valence-electron chi connectivity index (χ0n) is 11.4. The normalized spacial score (nSPS) is 23.1. The molecule has 1 aromatic rings. The summed E-state index contributed by atoms with van der Waals surface area (Å²) >= 11 is 3.48. The smallest absolute Gasteiger partial charge is 0.269 e. The highest BCUT2D eigenvalue weighted by molar-refractivity contribution is 9.09. The van der Waals surface area contributed by atoms with Gasteiger partial charge in [-0.1, -0.05) is 28.1 Å². The Balaban J connectivity index is 1.95. The van der Waals surface area contributed by atoms with Crippen LogP contribution in [0.2, 0.25) is 0 Å². The van der Waals surface area contributed by atoms with Crippen LogP contribution < -0.4 is 0 Å². The number of halogens is 1. The Kier molecular flexibility index (Phi) is 3.83. The number of hydrogen-bond donors (Lipinski definition) is 0. The molecular formula is C14H16BrNO4S. The first-order valence-corrected chi connectivity index (χ1v) is 9.36. The monoisotopic (exact) mass is 373 g/mol. The largest absolute Gasteiger partial charge is 0.381 e. The van der Waals surface area contributed by atoms with Gasteiger partial charge in [-0.25, -0.2) is 12.7 Å². The second-order valence-corrected chi connectivity index (χ2v) is 7.95. The van der Waals surface area contributed by atoms with E-state index in [0.29, 0.717) is 18.5 Å². The van der Waals surface area contributed by atoms with Crippen LogP contribution in [0, 0.1) is 5.41 Å². The Bertz CT molecular complexity index is 667. The summed E-state index contributed by atoms with van der Waals surface area (Å²) in [6.07, 6.45) is 1.49. The summed E-state index contributed by atoms with van der Waals surface area (Å²) < 4.78 is 31.6. The van der Waals surface area contributed by atoms with Crippen LogP contribution in [0.4, 0.5) is 0 Å². The SMILES string of the molecule is O=C1c2ccccc2S(=O)(=O)N1CC1(CBr)CCOCC1. The molecule has 2 heterocycles. The van der Waals surface area contributed by atoms with Gasteiger partial charge < -0.3 is 4.74 Å². The van der Waals surface area contributed by atoms with E-state index in [4.69, 9.17) is 4.74 Å². The molecule has 7 heteroatoms. The first-order valence-electron chi connectivity index (χ1n) is 6.80. The predicted octanol–water partition coefficient (Wildman–Crippen LogP) is 2.02. The maximum atomic E-state index is 12.6. The van der Waals surface area contributed by atoms with E-state index in [1.165, 1.54) is 6.07 Å². The van der Waals surface area contributed by atoms with E-state index in [0.717, 1.165) is 17.1 Å². The first-order chi connectivity index (χ1) is 10.0. The molecule has 3 rings (SSSR count). The zero-order valence-corrected chi connectivity index (χ0v) is 13.8. The number of benzene rings is 1. The predicted molar refractivity (Wildman–Crippen MR) is 80.9 cm³/mol. The summed E-state index contributed by atoms with van der Waals surface area (Å²) in [6, 6.07) is 6.39. The third-order valence-electron chi connectivity index (χ3n) is 4.23. The van der Waals surface area contributed by atoms with Crippen molar-refractivity contribution >= 4 is 31.9 Å². The second-order valence-electron chi connectivity index (χ2n) is 5.56. The van der Waals surface area contributed by atoms with Gasteiger partial charge >= 0.3 is 0 Å². The highest BCUT2D eigenvalue weighted by Gasteiger charge is 2.45. The van der Waals surface area contributed by atoms with Crippen molar-refractivity contribution in [2.75, 3.05) is 25.1 Å². The third-order valence-corrected chi connectivity index (χ3v) is 7.20. The van der Waals surface area contributed by atoms with Gasteiger partial charge in [0.1, 0.15) is 4.90 Å². The van der Waals surface area contributed by atoms with Crippen LogP contribution in [0.5, 0.6) is 0 Å². The lowest BCUT2D eigenvalue weighted by molar-refractivity contribution is 0.0185. The van der Waals surface area contributed by atoms with E-state index < -0.39 is 15.9 Å². The number of hydrogen-bond acceptors (Lipinski definition) is 4. The van der Waals surface area contributed by atoms with Crippen molar-refractivity contribution in [3.8, 4) is 0 Å². The minimum absolute atomic E-state index is 0.117. The number of rotatable bonds is 3. The molecule has 1 fully saturated rings. The summed E-state index contributed by atoms with van der Waals surface area (Å²) in [4.78, 5) is 12.6. The maximum Gasteiger partial charge on any atom is 0.269 e. The van der Waals surface area contributed by atoms with E-state index >= 15 is 0 Å². The van der Waals surface area contributed by atoms with E-state index in [-0.39, 0.29) is 22.4 Å². The van der Waals surface area contributed by atoms with Gasteiger partial charge in [0, 0.05) is 30.5 Å². The molecule has 21 heavy (non-hydrogen) atoms. The van der Waals surface area contributed by atoms with E-state index in [1.807, 2.05) is 0 Å². The van der Waals surface area contributed by atoms with Crippen molar-refractivity contribution in [2.45, 2.75) is 17.7 Å². The Hall–Kier alpha value is -0.920. The maximum absolute atomic E-state index is 12.6. The average Bonchev–Trinajstić information content (AvgIpc) is 2.70. The fraction of sp³-hybridized carbons (Fsp3) is 0.500. The molecule has 0 bridgehead atoms. The fourth-order valence-corrected chi connectivity index (χ4v) is 5.25. The standard InChI is InChI=1S/C14H16BrNO4S/c15-9-14(5-7-20-8-6-14)10-16-13(17)11-3-1-2-4-12(11)21(16,18)19/h1-4H,5-10H2. The van der Waals surface area contributed by atoms with Crippen molar-refractivity contribution in [1.29, 1.82) is 0 Å². The Morgan fingerprint density at radius 3 is 2.52 bits per heavy atom. The molecule has 0 radical (unpaired) electrons. The minimum atomic E-state index is -3.72. The molecular weight excluding hydrogens is 358 g/mol. The number of alkyl halides is 1. The van der Waals surface area contributed by atoms with Crippen LogP contribution in [0.25, 0.3) is 0 Å². The fourth-order valence-electron chi connectivity index (χ4n) is 2.83. The Morgan fingerprint density at radius 1 is 1.24 bits per heavy atom. The molecule has 2 aliphatic heterocycles. The molecule has 114 valence electrons. The lowest BCUT2D eigenvalue weighted by Gasteiger charge is -2.37. The number of nitrogens with zero attached hydrogens (tertiary/aromatic N) is 1. The topological polar surface area (TPSA) is 63.7 Å². The Morgan fingerprint density at radius 2 is 1.90 bits per heavy atom. The van der Waals surface area contributed by atoms with Crippen molar-refractivity contribution in [3.63, 3.8) is 0 Å². The minimum Gasteiger partial charge on any atom is -0.381 e. The molecule has 0 N–H and O–H groups in total. The molecule has 2 aliphatic rings. The molecule has 1 aromatic carbocycles. The zero-order chi connectivity index (χ0) is 15.1. The molecule has 0 unspecified atom stereocenters. The third kappa shape index (κ3) is 2.41.